The lowest BCUT2D eigenvalue weighted by molar-refractivity contribution is -0.128. The van der Waals surface area contributed by atoms with Crippen LogP contribution in [0.15, 0.2) is 65.7 Å². The zero-order valence-electron chi connectivity index (χ0n) is 13.6. The molecule has 1 aliphatic heterocycles. The van der Waals surface area contributed by atoms with Crippen LogP contribution in [0.25, 0.3) is 0 Å². The van der Waals surface area contributed by atoms with E-state index in [1.165, 1.54) is 0 Å². The highest BCUT2D eigenvalue weighted by Crippen LogP contribution is 2.20. The fraction of sp³-hybridized carbons (Fsp3) is 0.263. The summed E-state index contributed by atoms with van der Waals surface area (Å²) in [4.78, 5) is 18.4. The predicted octanol–water partition coefficient (Wildman–Crippen LogP) is 2.46. The molecule has 1 atom stereocenters. The summed E-state index contributed by atoms with van der Waals surface area (Å²) in [5.41, 5.74) is 7.98. The van der Waals surface area contributed by atoms with Gasteiger partial charge in [0.25, 0.3) is 0 Å². The van der Waals surface area contributed by atoms with Crippen LogP contribution in [-0.2, 0) is 11.3 Å². The van der Waals surface area contributed by atoms with Crippen molar-refractivity contribution in [3.63, 3.8) is 0 Å². The van der Waals surface area contributed by atoms with Gasteiger partial charge in [0, 0.05) is 37.7 Å². The van der Waals surface area contributed by atoms with Crippen LogP contribution in [0, 0.1) is 5.92 Å². The first-order valence-corrected chi connectivity index (χ1v) is 8.14. The van der Waals surface area contributed by atoms with Crippen molar-refractivity contribution in [1.82, 2.24) is 4.90 Å². The van der Waals surface area contributed by atoms with Crippen LogP contribution in [0.3, 0.4) is 0 Å². The van der Waals surface area contributed by atoms with Crippen LogP contribution < -0.4 is 11.1 Å². The van der Waals surface area contributed by atoms with Crippen LogP contribution in [-0.4, -0.2) is 29.9 Å². The van der Waals surface area contributed by atoms with Crippen molar-refractivity contribution < 1.29 is 4.79 Å². The number of benzene rings is 2. The third kappa shape index (κ3) is 4.35. The van der Waals surface area contributed by atoms with Gasteiger partial charge in [-0.25, -0.2) is 0 Å². The van der Waals surface area contributed by atoms with Crippen molar-refractivity contribution in [2.45, 2.75) is 13.0 Å². The van der Waals surface area contributed by atoms with Crippen molar-refractivity contribution in [2.24, 2.45) is 16.6 Å². The number of carbonyl (C=O) groups excluding carboxylic acids is 1. The summed E-state index contributed by atoms with van der Waals surface area (Å²) in [5.74, 6) is 0.793. The molecule has 0 aliphatic carbocycles. The van der Waals surface area contributed by atoms with E-state index in [2.05, 4.69) is 10.3 Å². The van der Waals surface area contributed by atoms with E-state index in [0.29, 0.717) is 25.5 Å². The lowest BCUT2D eigenvalue weighted by Crippen LogP contribution is -2.26. The number of rotatable bonds is 5. The molecule has 5 nitrogen and oxygen atoms in total. The highest BCUT2D eigenvalue weighted by molar-refractivity contribution is 5.92. The Kier molecular flexibility index (Phi) is 5.11. The number of amides is 1. The Morgan fingerprint density at radius 3 is 2.50 bits per heavy atom. The maximum atomic E-state index is 12.2. The van der Waals surface area contributed by atoms with E-state index in [9.17, 15) is 4.79 Å². The van der Waals surface area contributed by atoms with Gasteiger partial charge in [-0.05, 0) is 17.7 Å². The van der Waals surface area contributed by atoms with Crippen LogP contribution >= 0.6 is 0 Å². The van der Waals surface area contributed by atoms with Crippen LogP contribution in [0.1, 0.15) is 12.0 Å². The quantitative estimate of drug-likeness (QED) is 0.656. The van der Waals surface area contributed by atoms with E-state index in [1.54, 1.807) is 0 Å². The molecule has 1 aliphatic rings. The van der Waals surface area contributed by atoms with E-state index in [-0.39, 0.29) is 11.8 Å². The summed E-state index contributed by atoms with van der Waals surface area (Å²) in [6.07, 6.45) is 0.537. The van der Waals surface area contributed by atoms with Gasteiger partial charge in [-0.1, -0.05) is 48.5 Å². The molecule has 5 heteroatoms. The molecular weight excluding hydrogens is 300 g/mol. The fourth-order valence-corrected chi connectivity index (χ4v) is 2.87. The van der Waals surface area contributed by atoms with E-state index >= 15 is 0 Å². The number of likely N-dealkylation sites (tertiary alicyclic amines) is 1. The standard InChI is InChI=1S/C19H22N4O/c20-19(22-17-9-5-2-6-10-17)21-12-16-11-18(24)23(14-16)13-15-7-3-1-4-8-15/h1-10,16H,11-14H2,(H3,20,21,22). The summed E-state index contributed by atoms with van der Waals surface area (Å²) in [6.45, 7) is 1.95. The molecule has 24 heavy (non-hydrogen) atoms. The Morgan fingerprint density at radius 1 is 1.12 bits per heavy atom. The number of hydrogen-bond acceptors (Lipinski definition) is 2. The highest BCUT2D eigenvalue weighted by Gasteiger charge is 2.29. The number of hydrogen-bond donors (Lipinski definition) is 2. The number of nitrogens with two attached hydrogens (primary N) is 1. The first-order chi connectivity index (χ1) is 11.7. The molecule has 3 rings (SSSR count). The van der Waals surface area contributed by atoms with Gasteiger partial charge in [0.05, 0.1) is 0 Å². The lowest BCUT2D eigenvalue weighted by Gasteiger charge is -2.16. The normalized spacial score (nSPS) is 18.0. The second kappa shape index (κ2) is 7.64. The van der Waals surface area contributed by atoms with Gasteiger partial charge in [-0.2, -0.15) is 0 Å². The first-order valence-electron chi connectivity index (χ1n) is 8.14. The van der Waals surface area contributed by atoms with E-state index in [4.69, 9.17) is 5.73 Å². The topological polar surface area (TPSA) is 70.7 Å². The number of para-hydroxylation sites is 1. The first kappa shape index (κ1) is 16.1. The zero-order chi connectivity index (χ0) is 16.8. The Morgan fingerprint density at radius 2 is 1.79 bits per heavy atom. The second-order valence-corrected chi connectivity index (χ2v) is 6.05. The summed E-state index contributed by atoms with van der Waals surface area (Å²) in [6, 6.07) is 19.7. The minimum atomic E-state index is 0.189. The predicted molar refractivity (Wildman–Crippen MR) is 96.5 cm³/mol. The number of nitrogens with one attached hydrogen (secondary N) is 1. The lowest BCUT2D eigenvalue weighted by atomic mass is 10.1. The second-order valence-electron chi connectivity index (χ2n) is 6.05. The molecule has 1 saturated heterocycles. The highest BCUT2D eigenvalue weighted by atomic mass is 16.2. The van der Waals surface area contributed by atoms with Crippen molar-refractivity contribution in [2.75, 3.05) is 18.4 Å². The average Bonchev–Trinajstić information content (AvgIpc) is 2.95. The van der Waals surface area contributed by atoms with E-state index < -0.39 is 0 Å². The minimum absolute atomic E-state index is 0.189. The number of guanidine groups is 1. The molecular formula is C19H22N4O. The molecule has 0 saturated carbocycles. The van der Waals surface area contributed by atoms with Gasteiger partial charge in [-0.15, -0.1) is 0 Å². The van der Waals surface area contributed by atoms with Gasteiger partial charge < -0.3 is 16.0 Å². The summed E-state index contributed by atoms with van der Waals surface area (Å²) in [7, 11) is 0. The van der Waals surface area contributed by atoms with Crippen LogP contribution in [0.2, 0.25) is 0 Å². The van der Waals surface area contributed by atoms with Gasteiger partial charge in [0.2, 0.25) is 5.91 Å². The molecule has 1 heterocycles. The maximum Gasteiger partial charge on any atom is 0.223 e. The van der Waals surface area contributed by atoms with Gasteiger partial charge in [0.15, 0.2) is 5.96 Å². The number of nitrogens with zero attached hydrogens (tertiary/aromatic N) is 2. The largest absolute Gasteiger partial charge is 0.370 e. The van der Waals surface area contributed by atoms with Gasteiger partial charge in [0.1, 0.15) is 0 Å². The fourth-order valence-electron chi connectivity index (χ4n) is 2.87. The Hall–Kier alpha value is -2.82. The van der Waals surface area contributed by atoms with Crippen molar-refractivity contribution in [3.8, 4) is 0 Å². The summed E-state index contributed by atoms with van der Waals surface area (Å²) in [5, 5.41) is 3.06. The molecule has 3 N–H and O–H groups in total. The van der Waals surface area contributed by atoms with Crippen molar-refractivity contribution >= 4 is 17.6 Å². The minimum Gasteiger partial charge on any atom is -0.370 e. The molecule has 1 unspecified atom stereocenters. The SMILES string of the molecule is NC(=NCC1CC(=O)N(Cc2ccccc2)C1)Nc1ccccc1. The Bertz CT molecular complexity index is 700. The molecule has 2 aromatic rings. The molecule has 0 spiro atoms. The Labute approximate surface area is 142 Å². The Balaban J connectivity index is 1.51. The zero-order valence-corrected chi connectivity index (χ0v) is 13.6. The monoisotopic (exact) mass is 322 g/mol. The average molecular weight is 322 g/mol. The van der Waals surface area contributed by atoms with Crippen molar-refractivity contribution in [1.29, 1.82) is 0 Å². The number of anilines is 1. The van der Waals surface area contributed by atoms with E-state index in [1.807, 2.05) is 65.6 Å². The third-order valence-corrected chi connectivity index (χ3v) is 4.08. The summed E-state index contributed by atoms with van der Waals surface area (Å²) < 4.78 is 0. The molecule has 0 bridgehead atoms. The number of carbonyl (C=O) groups is 1. The molecule has 0 aromatic heterocycles. The third-order valence-electron chi connectivity index (χ3n) is 4.08. The smallest absolute Gasteiger partial charge is 0.223 e. The van der Waals surface area contributed by atoms with Gasteiger partial charge >= 0.3 is 0 Å². The number of aliphatic imine (C=N–C) groups is 1. The molecule has 124 valence electrons. The molecule has 1 amide bonds. The maximum absolute atomic E-state index is 12.2. The summed E-state index contributed by atoms with van der Waals surface area (Å²) >= 11 is 0. The molecule has 1 fully saturated rings. The van der Waals surface area contributed by atoms with Crippen molar-refractivity contribution in [3.05, 3.63) is 66.2 Å². The molecule has 0 radical (unpaired) electrons. The molecule has 2 aromatic carbocycles. The van der Waals surface area contributed by atoms with E-state index in [0.717, 1.165) is 17.8 Å². The van der Waals surface area contributed by atoms with Gasteiger partial charge in [-0.3, -0.25) is 9.79 Å². The van der Waals surface area contributed by atoms with Crippen LogP contribution in [0.4, 0.5) is 5.69 Å². The van der Waals surface area contributed by atoms with Crippen LogP contribution in [0.5, 0.6) is 0 Å².